The van der Waals surface area contributed by atoms with Crippen LogP contribution in [0, 0.1) is 0 Å². The fourth-order valence-corrected chi connectivity index (χ4v) is 3.77. The van der Waals surface area contributed by atoms with Crippen molar-refractivity contribution in [3.8, 4) is 0 Å². The van der Waals surface area contributed by atoms with E-state index >= 15 is 0 Å². The first-order valence-electron chi connectivity index (χ1n) is 13.0. The predicted molar refractivity (Wildman–Crippen MR) is 142 cm³/mol. The van der Waals surface area contributed by atoms with E-state index in [4.69, 9.17) is 27.7 Å². The van der Waals surface area contributed by atoms with Gasteiger partial charge in [-0.1, -0.05) is 10.4 Å². The van der Waals surface area contributed by atoms with Crippen LogP contribution in [0.5, 0.6) is 0 Å². The van der Waals surface area contributed by atoms with Gasteiger partial charge in [-0.3, -0.25) is 14.3 Å². The van der Waals surface area contributed by atoms with Crippen LogP contribution >= 0.6 is 0 Å². The molecule has 2 rings (SSSR count). The van der Waals surface area contributed by atoms with Gasteiger partial charge in [0.05, 0.1) is 24.0 Å². The summed E-state index contributed by atoms with van der Waals surface area (Å²) in [5.74, 6) is -0.470. The number of carbonyl (C=O) groups excluding carboxylic acids is 2. The molecule has 214 valence electrons. The molecule has 2 amide bonds. The van der Waals surface area contributed by atoms with Crippen LogP contribution in [0.4, 0.5) is 0 Å². The molecule has 0 saturated heterocycles. The van der Waals surface area contributed by atoms with Crippen molar-refractivity contribution in [2.75, 3.05) is 59.0 Å². The molecule has 0 aliphatic rings. The second-order valence-electron chi connectivity index (χ2n) is 9.69. The maximum Gasteiger partial charge on any atom is 0.276 e. The smallest absolute Gasteiger partial charge is 0.276 e. The molecular weight excluding hydrogens is 492 g/mol. The van der Waals surface area contributed by atoms with E-state index in [0.29, 0.717) is 78.4 Å². The van der Waals surface area contributed by atoms with Crippen LogP contribution in [0.2, 0.25) is 0 Å². The molecule has 8 N–H and O–H groups in total. The largest absolute Gasteiger partial charge is 0.375 e. The maximum absolute atomic E-state index is 12.7. The topological polar surface area (TPSA) is 215 Å². The Bertz CT molecular complexity index is 980. The molecule has 0 saturated carbocycles. The van der Waals surface area contributed by atoms with Gasteiger partial charge >= 0.3 is 0 Å². The van der Waals surface area contributed by atoms with E-state index in [-0.39, 0.29) is 29.2 Å². The summed E-state index contributed by atoms with van der Waals surface area (Å²) in [5, 5.41) is 16.2. The average molecular weight is 537 g/mol. The van der Waals surface area contributed by atoms with Gasteiger partial charge in [-0.15, -0.1) is 10.2 Å². The molecule has 2 heterocycles. The van der Waals surface area contributed by atoms with Gasteiger partial charge in [-0.05, 0) is 33.6 Å². The summed E-state index contributed by atoms with van der Waals surface area (Å²) in [6.45, 7) is 10.1. The third kappa shape index (κ3) is 9.40. The zero-order valence-electron chi connectivity index (χ0n) is 22.8. The molecule has 15 nitrogen and oxygen atoms in total. The third-order valence-electron chi connectivity index (χ3n) is 6.08. The molecule has 38 heavy (non-hydrogen) atoms. The molecular formula is C23H44N12O3. The molecule has 0 aliphatic carbocycles. The van der Waals surface area contributed by atoms with E-state index in [1.54, 1.807) is 31.6 Å². The van der Waals surface area contributed by atoms with Crippen molar-refractivity contribution in [1.82, 2.24) is 39.8 Å². The fraction of sp³-hybridized carbons (Fsp3) is 0.739. The monoisotopic (exact) mass is 536 g/mol. The molecule has 0 aromatic carbocycles. The fourth-order valence-electron chi connectivity index (χ4n) is 3.77. The van der Waals surface area contributed by atoms with E-state index in [0.717, 1.165) is 0 Å². The van der Waals surface area contributed by atoms with Gasteiger partial charge in [-0.2, -0.15) is 0 Å². The van der Waals surface area contributed by atoms with E-state index in [9.17, 15) is 9.59 Å². The lowest BCUT2D eigenvalue weighted by molar-refractivity contribution is -0.0313. The molecule has 2 aromatic rings. The summed E-state index contributed by atoms with van der Waals surface area (Å²) in [7, 11) is 0. The molecule has 15 heteroatoms. The number of nitrogens with zero attached hydrogens (tertiary/aromatic N) is 8. The molecule has 0 spiro atoms. The Hall–Kier alpha value is -2.98. The lowest BCUT2D eigenvalue weighted by atomic mass is 10.1. The molecule has 1 unspecified atom stereocenters. The van der Waals surface area contributed by atoms with Gasteiger partial charge in [0.1, 0.15) is 0 Å². The minimum absolute atomic E-state index is 0.0220. The number of carbonyl (C=O) groups is 2. The Morgan fingerprint density at radius 3 is 1.92 bits per heavy atom. The molecule has 0 aliphatic heterocycles. The Labute approximate surface area is 223 Å². The van der Waals surface area contributed by atoms with Crippen molar-refractivity contribution < 1.29 is 14.3 Å². The average Bonchev–Trinajstić information content (AvgIpc) is 3.57. The third-order valence-corrected chi connectivity index (χ3v) is 6.08. The highest BCUT2D eigenvalue weighted by molar-refractivity contribution is 5.92. The quantitative estimate of drug-likeness (QED) is 0.170. The number of amides is 2. The summed E-state index contributed by atoms with van der Waals surface area (Å²) in [4.78, 5) is 28.4. The number of ether oxygens (including phenoxy) is 1. The van der Waals surface area contributed by atoms with Crippen molar-refractivity contribution in [3.05, 3.63) is 23.8 Å². The highest BCUT2D eigenvalue weighted by Gasteiger charge is 2.23. The van der Waals surface area contributed by atoms with Crippen molar-refractivity contribution in [3.63, 3.8) is 0 Å². The summed E-state index contributed by atoms with van der Waals surface area (Å²) < 4.78 is 9.43. The van der Waals surface area contributed by atoms with Crippen LogP contribution in [0.15, 0.2) is 12.4 Å². The number of hydrogen-bond donors (Lipinski definition) is 4. The van der Waals surface area contributed by atoms with Crippen molar-refractivity contribution in [1.29, 1.82) is 0 Å². The molecule has 0 bridgehead atoms. The van der Waals surface area contributed by atoms with Gasteiger partial charge in [0.25, 0.3) is 11.8 Å². The molecule has 2 aromatic heterocycles. The molecule has 0 fully saturated rings. The molecule has 1 atom stereocenters. The number of nitrogens with two attached hydrogens (primary N) is 4. The van der Waals surface area contributed by atoms with Gasteiger partial charge in [0, 0.05) is 65.5 Å². The molecule has 0 radical (unpaired) electrons. The zero-order chi connectivity index (χ0) is 28.1. The Morgan fingerprint density at radius 2 is 1.39 bits per heavy atom. The predicted octanol–water partition coefficient (Wildman–Crippen LogP) is -1.57. The first kappa shape index (κ1) is 31.2. The van der Waals surface area contributed by atoms with Gasteiger partial charge in [-0.25, -0.2) is 4.68 Å². The zero-order valence-corrected chi connectivity index (χ0v) is 22.8. The highest BCUT2D eigenvalue weighted by atomic mass is 16.5. The second kappa shape index (κ2) is 15.4. The SMILES string of the molecule is CC(CCOC(C)(C)CCn1cc(C(=O)N(CCN)CCN)nn1)n1cc(C(=O)N(CCN)CCN)nn1. The van der Waals surface area contributed by atoms with Crippen molar-refractivity contribution in [2.24, 2.45) is 22.9 Å². The Balaban J connectivity index is 1.83. The van der Waals surface area contributed by atoms with Crippen LogP contribution in [-0.4, -0.2) is 116 Å². The second-order valence-corrected chi connectivity index (χ2v) is 9.69. The maximum atomic E-state index is 12.7. The number of aryl methyl sites for hydroxylation is 1. The van der Waals surface area contributed by atoms with Crippen molar-refractivity contribution >= 4 is 11.8 Å². The van der Waals surface area contributed by atoms with Crippen LogP contribution in [-0.2, 0) is 11.3 Å². The van der Waals surface area contributed by atoms with Crippen molar-refractivity contribution in [2.45, 2.75) is 51.8 Å². The lowest BCUT2D eigenvalue weighted by Crippen LogP contribution is -2.39. The summed E-state index contributed by atoms with van der Waals surface area (Å²) in [5.41, 5.74) is 22.5. The minimum Gasteiger partial charge on any atom is -0.375 e. The highest BCUT2D eigenvalue weighted by Crippen LogP contribution is 2.18. The van der Waals surface area contributed by atoms with E-state index in [1.807, 2.05) is 20.8 Å². The Morgan fingerprint density at radius 1 is 0.895 bits per heavy atom. The lowest BCUT2D eigenvalue weighted by Gasteiger charge is -2.26. The van der Waals surface area contributed by atoms with Crippen LogP contribution < -0.4 is 22.9 Å². The van der Waals surface area contributed by atoms with Crippen LogP contribution in [0.25, 0.3) is 0 Å². The first-order valence-corrected chi connectivity index (χ1v) is 13.0. The number of aromatic nitrogens is 6. The van der Waals surface area contributed by atoms with Crippen LogP contribution in [0.1, 0.15) is 60.6 Å². The Kier molecular flexibility index (Phi) is 12.7. The summed E-state index contributed by atoms with van der Waals surface area (Å²) >= 11 is 0. The van der Waals surface area contributed by atoms with Crippen LogP contribution in [0.3, 0.4) is 0 Å². The number of hydrogen-bond acceptors (Lipinski definition) is 11. The summed E-state index contributed by atoms with van der Waals surface area (Å²) in [6.07, 6.45) is 4.61. The van der Waals surface area contributed by atoms with Gasteiger partial charge in [0.2, 0.25) is 0 Å². The summed E-state index contributed by atoms with van der Waals surface area (Å²) in [6, 6.07) is -0.0220. The first-order chi connectivity index (χ1) is 18.1. The normalized spacial score (nSPS) is 12.5. The standard InChI is InChI=1S/C23H44N12O3/c1-18(35-17-20(29-31-35)22(37)33(13-8-26)14-9-27)4-15-38-23(2,3)5-10-34-16-19(28-30-34)21(36)32(11-6-24)12-7-25/h16-18H,4-15,24-27H2,1-3H3. The van der Waals surface area contributed by atoms with E-state index < -0.39 is 5.60 Å². The van der Waals surface area contributed by atoms with E-state index in [2.05, 4.69) is 20.6 Å². The number of rotatable bonds is 18. The van der Waals surface area contributed by atoms with Gasteiger partial charge < -0.3 is 37.5 Å². The van der Waals surface area contributed by atoms with E-state index in [1.165, 1.54) is 0 Å². The van der Waals surface area contributed by atoms with Gasteiger partial charge in [0.15, 0.2) is 11.4 Å². The minimum atomic E-state index is -0.435.